The zero-order chi connectivity index (χ0) is 15.7. The molecule has 0 spiro atoms. The van der Waals surface area contributed by atoms with Crippen LogP contribution in [-0.2, 0) is 10.3 Å². The van der Waals surface area contributed by atoms with Crippen LogP contribution in [0.4, 0.5) is 4.79 Å². The van der Waals surface area contributed by atoms with Crippen LogP contribution in [-0.4, -0.2) is 22.6 Å². The van der Waals surface area contributed by atoms with E-state index in [9.17, 15) is 14.7 Å². The lowest BCUT2D eigenvalue weighted by atomic mass is 9.92. The fraction of sp³-hybridized carbons (Fsp3) is 0.500. The number of carbonyl (C=O) groups is 2. The van der Waals surface area contributed by atoms with Gasteiger partial charge in [0.05, 0.1) is 0 Å². The lowest BCUT2D eigenvalue weighted by Crippen LogP contribution is -2.57. The molecule has 1 aromatic carbocycles. The van der Waals surface area contributed by atoms with Crippen LogP contribution in [0.25, 0.3) is 0 Å². The normalized spacial score (nSPS) is 17.7. The molecule has 114 valence electrons. The van der Waals surface area contributed by atoms with Gasteiger partial charge in [0.15, 0.2) is 5.54 Å². The summed E-state index contributed by atoms with van der Waals surface area (Å²) in [4.78, 5) is 23.8. The summed E-state index contributed by atoms with van der Waals surface area (Å²) in [5, 5.41) is 15.0. The molecule has 1 saturated carbocycles. The predicted molar refractivity (Wildman–Crippen MR) is 79.9 cm³/mol. The minimum atomic E-state index is -1.45. The van der Waals surface area contributed by atoms with Gasteiger partial charge in [-0.05, 0) is 45.1 Å². The highest BCUT2D eigenvalue weighted by Gasteiger charge is 2.41. The minimum absolute atomic E-state index is 0.319. The largest absolute Gasteiger partial charge is 0.479 e. The standard InChI is InChI=1S/C16H22N2O3/c1-15(2,11-9-10-11)17-14(21)18-16(3,13(19)20)12-7-5-4-6-8-12/h4-8,11H,9-10H2,1-3H3,(H,19,20)(H2,17,18,21). The van der Waals surface area contributed by atoms with E-state index in [0.717, 1.165) is 12.8 Å². The first-order valence-electron chi connectivity index (χ1n) is 7.15. The molecule has 5 heteroatoms. The summed E-state index contributed by atoms with van der Waals surface area (Å²) in [7, 11) is 0. The number of urea groups is 1. The molecule has 1 unspecified atom stereocenters. The van der Waals surface area contributed by atoms with Crippen molar-refractivity contribution in [1.82, 2.24) is 10.6 Å². The number of hydrogen-bond donors (Lipinski definition) is 3. The number of carboxylic acids is 1. The Morgan fingerprint density at radius 1 is 1.10 bits per heavy atom. The molecule has 3 N–H and O–H groups in total. The molecular weight excluding hydrogens is 268 g/mol. The highest BCUT2D eigenvalue weighted by atomic mass is 16.4. The van der Waals surface area contributed by atoms with Crippen LogP contribution in [0.15, 0.2) is 30.3 Å². The molecule has 21 heavy (non-hydrogen) atoms. The van der Waals surface area contributed by atoms with Crippen LogP contribution in [0.2, 0.25) is 0 Å². The average molecular weight is 290 g/mol. The number of benzene rings is 1. The fourth-order valence-corrected chi connectivity index (χ4v) is 2.48. The zero-order valence-corrected chi connectivity index (χ0v) is 12.6. The van der Waals surface area contributed by atoms with Crippen molar-refractivity contribution >= 4 is 12.0 Å². The second-order valence-electron chi connectivity index (χ2n) is 6.37. The number of carbonyl (C=O) groups excluding carboxylic acids is 1. The number of hydrogen-bond acceptors (Lipinski definition) is 2. The Morgan fingerprint density at radius 3 is 2.14 bits per heavy atom. The van der Waals surface area contributed by atoms with E-state index in [4.69, 9.17) is 0 Å². The van der Waals surface area contributed by atoms with E-state index in [1.807, 2.05) is 19.9 Å². The van der Waals surface area contributed by atoms with Gasteiger partial charge in [0, 0.05) is 5.54 Å². The number of carboxylic acid groups (broad SMARTS) is 1. The van der Waals surface area contributed by atoms with Crippen molar-refractivity contribution in [3.05, 3.63) is 35.9 Å². The Labute approximate surface area is 124 Å². The molecule has 0 aromatic heterocycles. The van der Waals surface area contributed by atoms with Crippen molar-refractivity contribution in [2.75, 3.05) is 0 Å². The monoisotopic (exact) mass is 290 g/mol. The average Bonchev–Trinajstić information content (AvgIpc) is 3.23. The van der Waals surface area contributed by atoms with Gasteiger partial charge in [0.25, 0.3) is 0 Å². The van der Waals surface area contributed by atoms with Crippen molar-refractivity contribution in [2.45, 2.75) is 44.7 Å². The molecule has 5 nitrogen and oxygen atoms in total. The van der Waals surface area contributed by atoms with Gasteiger partial charge in [-0.1, -0.05) is 30.3 Å². The molecule has 0 aliphatic heterocycles. The highest BCUT2D eigenvalue weighted by Crippen LogP contribution is 2.39. The maximum Gasteiger partial charge on any atom is 0.333 e. The Kier molecular flexibility index (Phi) is 3.94. The van der Waals surface area contributed by atoms with Crippen LogP contribution in [0.3, 0.4) is 0 Å². The third kappa shape index (κ3) is 3.35. The van der Waals surface area contributed by atoms with E-state index >= 15 is 0 Å². The number of amides is 2. The van der Waals surface area contributed by atoms with E-state index in [1.165, 1.54) is 6.92 Å². The third-order valence-electron chi connectivity index (χ3n) is 4.18. The minimum Gasteiger partial charge on any atom is -0.479 e. The van der Waals surface area contributed by atoms with Gasteiger partial charge < -0.3 is 15.7 Å². The summed E-state index contributed by atoms with van der Waals surface area (Å²) >= 11 is 0. The van der Waals surface area contributed by atoms with Gasteiger partial charge in [-0.15, -0.1) is 0 Å². The smallest absolute Gasteiger partial charge is 0.333 e. The van der Waals surface area contributed by atoms with Crippen LogP contribution < -0.4 is 10.6 Å². The van der Waals surface area contributed by atoms with Crippen LogP contribution in [0.1, 0.15) is 39.2 Å². The molecule has 0 bridgehead atoms. The van der Waals surface area contributed by atoms with Crippen LogP contribution in [0, 0.1) is 5.92 Å². The van der Waals surface area contributed by atoms with Gasteiger partial charge in [0.1, 0.15) is 0 Å². The zero-order valence-electron chi connectivity index (χ0n) is 12.6. The molecule has 1 aliphatic carbocycles. The number of aliphatic carboxylic acids is 1. The molecular formula is C16H22N2O3. The van der Waals surface area contributed by atoms with Gasteiger partial charge in [0.2, 0.25) is 0 Å². The van der Waals surface area contributed by atoms with E-state index in [1.54, 1.807) is 24.3 Å². The molecule has 0 heterocycles. The summed E-state index contributed by atoms with van der Waals surface area (Å²) in [6, 6.07) is 8.25. The molecule has 1 atom stereocenters. The predicted octanol–water partition coefficient (Wildman–Crippen LogP) is 2.47. The first-order valence-corrected chi connectivity index (χ1v) is 7.15. The second-order valence-corrected chi connectivity index (χ2v) is 6.37. The van der Waals surface area contributed by atoms with Gasteiger partial charge >= 0.3 is 12.0 Å². The first-order chi connectivity index (χ1) is 9.75. The Morgan fingerprint density at radius 2 is 1.67 bits per heavy atom. The molecule has 0 saturated heterocycles. The third-order valence-corrected chi connectivity index (χ3v) is 4.18. The molecule has 1 fully saturated rings. The van der Waals surface area contributed by atoms with Crippen LogP contribution >= 0.6 is 0 Å². The Balaban J connectivity index is 2.13. The van der Waals surface area contributed by atoms with Crippen molar-refractivity contribution in [2.24, 2.45) is 5.92 Å². The van der Waals surface area contributed by atoms with Crippen molar-refractivity contribution < 1.29 is 14.7 Å². The lowest BCUT2D eigenvalue weighted by Gasteiger charge is -2.31. The van der Waals surface area contributed by atoms with Gasteiger partial charge in [-0.2, -0.15) is 0 Å². The molecule has 2 rings (SSSR count). The van der Waals surface area contributed by atoms with Crippen molar-refractivity contribution in [3.8, 4) is 0 Å². The topological polar surface area (TPSA) is 78.4 Å². The maximum atomic E-state index is 12.2. The van der Waals surface area contributed by atoms with E-state index < -0.39 is 17.5 Å². The summed E-state index contributed by atoms with van der Waals surface area (Å²) < 4.78 is 0. The van der Waals surface area contributed by atoms with Crippen molar-refractivity contribution in [1.29, 1.82) is 0 Å². The Bertz CT molecular complexity index is 538. The number of rotatable bonds is 5. The maximum absolute atomic E-state index is 12.2. The van der Waals surface area contributed by atoms with Gasteiger partial charge in [-0.25, -0.2) is 9.59 Å². The molecule has 0 radical (unpaired) electrons. The quantitative estimate of drug-likeness (QED) is 0.779. The summed E-state index contributed by atoms with van der Waals surface area (Å²) in [6.45, 7) is 5.42. The molecule has 1 aromatic rings. The van der Waals surface area contributed by atoms with E-state index in [2.05, 4.69) is 10.6 Å². The fourth-order valence-electron chi connectivity index (χ4n) is 2.48. The second kappa shape index (κ2) is 5.39. The first kappa shape index (κ1) is 15.4. The number of nitrogens with one attached hydrogen (secondary N) is 2. The lowest BCUT2D eigenvalue weighted by molar-refractivity contribution is -0.144. The van der Waals surface area contributed by atoms with Gasteiger partial charge in [-0.3, -0.25) is 0 Å². The van der Waals surface area contributed by atoms with E-state index in [0.29, 0.717) is 11.5 Å². The van der Waals surface area contributed by atoms with Crippen LogP contribution in [0.5, 0.6) is 0 Å². The summed E-state index contributed by atoms with van der Waals surface area (Å²) in [6.07, 6.45) is 2.20. The summed E-state index contributed by atoms with van der Waals surface area (Å²) in [5.74, 6) is -0.621. The molecule has 1 aliphatic rings. The van der Waals surface area contributed by atoms with E-state index in [-0.39, 0.29) is 5.54 Å². The Hall–Kier alpha value is -2.04. The van der Waals surface area contributed by atoms with Crippen molar-refractivity contribution in [3.63, 3.8) is 0 Å². The molecule has 2 amide bonds. The highest BCUT2D eigenvalue weighted by molar-refractivity contribution is 5.87. The SMILES string of the molecule is CC(NC(=O)NC(C)(C)C1CC1)(C(=O)O)c1ccccc1. The summed E-state index contributed by atoms with van der Waals surface area (Å²) in [5.41, 5.74) is -1.23.